The molecule has 0 saturated carbocycles. The van der Waals surface area contributed by atoms with Gasteiger partial charge >= 0.3 is 0 Å². The van der Waals surface area contributed by atoms with Gasteiger partial charge in [0.25, 0.3) is 0 Å². The van der Waals surface area contributed by atoms with E-state index in [1.54, 1.807) is 0 Å². The van der Waals surface area contributed by atoms with Crippen LogP contribution in [0.2, 0.25) is 0 Å². The maximum Gasteiger partial charge on any atom is -0.0257 e. The van der Waals surface area contributed by atoms with Gasteiger partial charge in [-0.05, 0) is 26.7 Å². The van der Waals surface area contributed by atoms with E-state index in [0.717, 1.165) is 5.57 Å². The minimum Gasteiger partial charge on any atom is -0.0961 e. The third-order valence-corrected chi connectivity index (χ3v) is 2.11. The lowest BCUT2D eigenvalue weighted by Crippen LogP contribution is -1.91. The van der Waals surface area contributed by atoms with Crippen molar-refractivity contribution < 1.29 is 0 Å². The summed E-state index contributed by atoms with van der Waals surface area (Å²) in [6.45, 7) is 14.6. The van der Waals surface area contributed by atoms with Crippen molar-refractivity contribution in [3.8, 4) is 0 Å². The molecule has 0 aliphatic rings. The normalized spacial score (nSPS) is 13.8. The Bertz CT molecular complexity index is 214. The molecule has 0 bridgehead atoms. The molecular weight excluding hydrogens is 144 g/mol. The molecule has 0 heteroatoms. The minimum absolute atomic E-state index is 0.639. The molecule has 0 radical (unpaired) electrons. The molecule has 12 heavy (non-hydrogen) atoms. The zero-order valence-electron chi connectivity index (χ0n) is 8.94. The second-order valence-corrected chi connectivity index (χ2v) is 3.70. The Morgan fingerprint density at radius 3 is 1.92 bits per heavy atom. The number of hydrogen-bond acceptors (Lipinski definition) is 0. The van der Waals surface area contributed by atoms with E-state index >= 15 is 0 Å². The van der Waals surface area contributed by atoms with E-state index in [1.165, 1.54) is 11.1 Å². The lowest BCUT2D eigenvalue weighted by molar-refractivity contribution is 0.760. The van der Waals surface area contributed by atoms with E-state index in [0.29, 0.717) is 5.92 Å². The fourth-order valence-corrected chi connectivity index (χ4v) is 0.854. The van der Waals surface area contributed by atoms with Crippen LogP contribution in [0.3, 0.4) is 0 Å². The van der Waals surface area contributed by atoms with Gasteiger partial charge < -0.3 is 0 Å². The van der Waals surface area contributed by atoms with E-state index in [2.05, 4.69) is 46.4 Å². The molecule has 0 rings (SSSR count). The Labute approximate surface area is 76.7 Å². The van der Waals surface area contributed by atoms with Gasteiger partial charge in [0.1, 0.15) is 0 Å². The second-order valence-electron chi connectivity index (χ2n) is 3.70. The van der Waals surface area contributed by atoms with Gasteiger partial charge in [-0.3, -0.25) is 0 Å². The van der Waals surface area contributed by atoms with Crippen LogP contribution in [0.4, 0.5) is 0 Å². The summed E-state index contributed by atoms with van der Waals surface area (Å²) in [4.78, 5) is 0. The first-order chi connectivity index (χ1) is 5.45. The van der Waals surface area contributed by atoms with Crippen molar-refractivity contribution in [1.82, 2.24) is 0 Å². The third kappa shape index (κ3) is 4.17. The van der Waals surface area contributed by atoms with Crippen molar-refractivity contribution in [2.24, 2.45) is 5.92 Å². The highest BCUT2D eigenvalue weighted by Crippen LogP contribution is 2.14. The van der Waals surface area contributed by atoms with Crippen LogP contribution in [-0.2, 0) is 0 Å². The maximum atomic E-state index is 3.82. The predicted molar refractivity (Wildman–Crippen MR) is 57.2 cm³/mol. The lowest BCUT2D eigenvalue weighted by atomic mass is 9.99. The molecule has 0 aromatic heterocycles. The SMILES string of the molecule is C=C(C)/C=C\C(C)=C(/C)C(C)C. The first kappa shape index (κ1) is 11.2. The van der Waals surface area contributed by atoms with Crippen molar-refractivity contribution in [3.05, 3.63) is 35.5 Å². The van der Waals surface area contributed by atoms with Crippen LogP contribution in [0.1, 0.15) is 34.6 Å². The highest BCUT2D eigenvalue weighted by molar-refractivity contribution is 5.28. The molecule has 0 nitrogen and oxygen atoms in total. The highest BCUT2D eigenvalue weighted by Gasteiger charge is 1.98. The number of hydrogen-bond donors (Lipinski definition) is 0. The molecule has 68 valence electrons. The monoisotopic (exact) mass is 164 g/mol. The van der Waals surface area contributed by atoms with E-state index in [4.69, 9.17) is 0 Å². The molecule has 0 aromatic rings. The maximum absolute atomic E-state index is 3.82. The van der Waals surface area contributed by atoms with E-state index in [-0.39, 0.29) is 0 Å². The first-order valence-electron chi connectivity index (χ1n) is 4.46. The van der Waals surface area contributed by atoms with Crippen molar-refractivity contribution in [2.45, 2.75) is 34.6 Å². The summed E-state index contributed by atoms with van der Waals surface area (Å²) in [5, 5.41) is 0. The van der Waals surface area contributed by atoms with Crippen LogP contribution >= 0.6 is 0 Å². The van der Waals surface area contributed by atoms with E-state index in [1.807, 2.05) is 6.92 Å². The second kappa shape index (κ2) is 4.97. The van der Waals surface area contributed by atoms with Gasteiger partial charge in [0, 0.05) is 0 Å². The first-order valence-corrected chi connectivity index (χ1v) is 4.46. The summed E-state index contributed by atoms with van der Waals surface area (Å²) in [6, 6.07) is 0. The Morgan fingerprint density at radius 1 is 1.08 bits per heavy atom. The van der Waals surface area contributed by atoms with Crippen molar-refractivity contribution in [3.63, 3.8) is 0 Å². The molecule has 0 aromatic carbocycles. The molecule has 0 fully saturated rings. The van der Waals surface area contributed by atoms with Crippen LogP contribution in [0.15, 0.2) is 35.5 Å². The van der Waals surface area contributed by atoms with Gasteiger partial charge in [0.2, 0.25) is 0 Å². The van der Waals surface area contributed by atoms with Gasteiger partial charge in [-0.15, -0.1) is 0 Å². The lowest BCUT2D eigenvalue weighted by Gasteiger charge is -2.07. The fraction of sp³-hybridized carbons (Fsp3) is 0.500. The van der Waals surface area contributed by atoms with E-state index in [9.17, 15) is 0 Å². The average molecular weight is 164 g/mol. The van der Waals surface area contributed by atoms with Crippen molar-refractivity contribution in [1.29, 1.82) is 0 Å². The van der Waals surface area contributed by atoms with Crippen LogP contribution < -0.4 is 0 Å². The third-order valence-electron chi connectivity index (χ3n) is 2.11. The summed E-state index contributed by atoms with van der Waals surface area (Å²) in [6.07, 6.45) is 4.19. The van der Waals surface area contributed by atoms with Crippen molar-refractivity contribution >= 4 is 0 Å². The van der Waals surface area contributed by atoms with Gasteiger partial charge in [-0.25, -0.2) is 0 Å². The minimum atomic E-state index is 0.639. The van der Waals surface area contributed by atoms with Gasteiger partial charge in [0.15, 0.2) is 0 Å². The molecule has 0 aliphatic carbocycles. The average Bonchev–Trinajstić information content (AvgIpc) is 1.98. The largest absolute Gasteiger partial charge is 0.0961 e. The predicted octanol–water partition coefficient (Wildman–Crippen LogP) is 4.11. The molecule has 0 saturated heterocycles. The molecule has 0 aliphatic heterocycles. The molecule has 0 atom stereocenters. The van der Waals surface area contributed by atoms with Crippen LogP contribution in [0.25, 0.3) is 0 Å². The van der Waals surface area contributed by atoms with Crippen LogP contribution in [0.5, 0.6) is 0 Å². The summed E-state index contributed by atoms with van der Waals surface area (Å²) in [7, 11) is 0. The van der Waals surface area contributed by atoms with Crippen molar-refractivity contribution in [2.75, 3.05) is 0 Å². The summed E-state index contributed by atoms with van der Waals surface area (Å²) in [5.41, 5.74) is 3.91. The summed E-state index contributed by atoms with van der Waals surface area (Å²) < 4.78 is 0. The van der Waals surface area contributed by atoms with Gasteiger partial charge in [0.05, 0.1) is 0 Å². The Kier molecular flexibility index (Phi) is 4.65. The number of allylic oxidation sites excluding steroid dienone is 5. The molecule has 0 amide bonds. The standard InChI is InChI=1S/C12H20/c1-9(2)7-8-11(5)12(6)10(3)4/h7-8,10H,1H2,2-6H3/b8-7-,12-11+. The quantitative estimate of drug-likeness (QED) is 0.551. The molecule has 0 N–H and O–H groups in total. The highest BCUT2D eigenvalue weighted by atomic mass is 14.0. The fourth-order valence-electron chi connectivity index (χ4n) is 0.854. The summed E-state index contributed by atoms with van der Waals surface area (Å²) >= 11 is 0. The molecule has 0 spiro atoms. The Balaban J connectivity index is 4.47. The van der Waals surface area contributed by atoms with E-state index < -0.39 is 0 Å². The topological polar surface area (TPSA) is 0 Å². The molecule has 0 heterocycles. The number of rotatable bonds is 3. The Morgan fingerprint density at radius 2 is 1.58 bits per heavy atom. The van der Waals surface area contributed by atoms with Gasteiger partial charge in [-0.2, -0.15) is 0 Å². The molecule has 0 unspecified atom stereocenters. The zero-order chi connectivity index (χ0) is 9.72. The molecular formula is C12H20. The smallest absolute Gasteiger partial charge is 0.0257 e. The van der Waals surface area contributed by atoms with Crippen LogP contribution in [-0.4, -0.2) is 0 Å². The Hall–Kier alpha value is -0.780. The van der Waals surface area contributed by atoms with Gasteiger partial charge in [-0.1, -0.05) is 49.3 Å². The van der Waals surface area contributed by atoms with Crippen LogP contribution in [0, 0.1) is 5.92 Å². The summed E-state index contributed by atoms with van der Waals surface area (Å²) in [5.74, 6) is 0.639. The zero-order valence-corrected chi connectivity index (χ0v) is 8.94.